The first-order valence-electron chi connectivity index (χ1n) is 9.24. The zero-order valence-electron chi connectivity index (χ0n) is 16.0. The summed E-state index contributed by atoms with van der Waals surface area (Å²) in [5.41, 5.74) is 5.76. The molecule has 0 aliphatic rings. The van der Waals surface area contributed by atoms with Crippen LogP contribution in [-0.2, 0) is 24.3 Å². The van der Waals surface area contributed by atoms with Crippen molar-refractivity contribution < 1.29 is 4.79 Å². The van der Waals surface area contributed by atoms with Gasteiger partial charge in [0.15, 0.2) is 0 Å². The highest BCUT2D eigenvalue weighted by atomic mass is 16.1. The molecule has 3 heteroatoms. The van der Waals surface area contributed by atoms with E-state index >= 15 is 0 Å². The Morgan fingerprint density at radius 2 is 1.30 bits per heavy atom. The lowest BCUT2D eigenvalue weighted by Gasteiger charge is -2.10. The average Bonchev–Trinajstić information content (AvgIpc) is 2.68. The quantitative estimate of drug-likeness (QED) is 0.684. The number of carbonyl (C=O) groups is 1. The van der Waals surface area contributed by atoms with Crippen LogP contribution in [0.25, 0.3) is 11.1 Å². The molecule has 0 aliphatic heterocycles. The fraction of sp³-hybridized carbons (Fsp3) is 0.208. The van der Waals surface area contributed by atoms with E-state index in [0.717, 1.165) is 23.2 Å². The second-order valence-electron chi connectivity index (χ2n) is 7.07. The molecule has 1 N–H and O–H groups in total. The predicted octanol–water partition coefficient (Wildman–Crippen LogP) is 4.27. The molecule has 0 saturated carbocycles. The maximum absolute atomic E-state index is 12.2. The van der Waals surface area contributed by atoms with E-state index < -0.39 is 0 Å². The molecule has 0 aromatic heterocycles. The number of amides is 1. The summed E-state index contributed by atoms with van der Waals surface area (Å²) in [6.07, 6.45) is 0.397. The van der Waals surface area contributed by atoms with E-state index in [9.17, 15) is 4.79 Å². The van der Waals surface area contributed by atoms with Crippen LogP contribution < -0.4 is 5.32 Å². The second kappa shape index (κ2) is 9.15. The molecule has 0 saturated heterocycles. The zero-order valence-corrected chi connectivity index (χ0v) is 16.0. The zero-order chi connectivity index (χ0) is 19.1. The molecule has 0 heterocycles. The van der Waals surface area contributed by atoms with Crippen LogP contribution in [0.3, 0.4) is 0 Å². The Kier molecular flexibility index (Phi) is 6.39. The highest BCUT2D eigenvalue weighted by molar-refractivity contribution is 5.78. The molecule has 0 bridgehead atoms. The normalized spacial score (nSPS) is 10.8. The number of nitrogens with zero attached hydrogens (tertiary/aromatic N) is 1. The smallest absolute Gasteiger partial charge is 0.224 e. The molecular weight excluding hydrogens is 332 g/mol. The van der Waals surface area contributed by atoms with Gasteiger partial charge in [0.2, 0.25) is 5.91 Å². The van der Waals surface area contributed by atoms with E-state index in [2.05, 4.69) is 72.8 Å². The number of hydrogen-bond donors (Lipinski definition) is 1. The van der Waals surface area contributed by atoms with Gasteiger partial charge in [-0.05, 0) is 41.9 Å². The van der Waals surface area contributed by atoms with Crippen molar-refractivity contribution in [1.29, 1.82) is 0 Å². The third-order valence-electron chi connectivity index (χ3n) is 4.44. The number of nitrogens with one attached hydrogen (secondary N) is 1. The van der Waals surface area contributed by atoms with Crippen LogP contribution in [-0.4, -0.2) is 24.9 Å². The molecule has 138 valence electrons. The third-order valence-corrected chi connectivity index (χ3v) is 4.44. The van der Waals surface area contributed by atoms with Crippen molar-refractivity contribution in [2.45, 2.75) is 19.5 Å². The predicted molar refractivity (Wildman–Crippen MR) is 111 cm³/mol. The van der Waals surface area contributed by atoms with Gasteiger partial charge >= 0.3 is 0 Å². The van der Waals surface area contributed by atoms with E-state index in [4.69, 9.17) is 0 Å². The van der Waals surface area contributed by atoms with Crippen molar-refractivity contribution in [2.75, 3.05) is 14.1 Å². The minimum Gasteiger partial charge on any atom is -0.352 e. The summed E-state index contributed by atoms with van der Waals surface area (Å²) in [4.78, 5) is 14.4. The Labute approximate surface area is 161 Å². The summed E-state index contributed by atoms with van der Waals surface area (Å²) in [5.74, 6) is 0.0415. The molecule has 0 radical (unpaired) electrons. The van der Waals surface area contributed by atoms with Gasteiger partial charge in [0.1, 0.15) is 0 Å². The average molecular weight is 358 g/mol. The van der Waals surface area contributed by atoms with Gasteiger partial charge in [-0.2, -0.15) is 0 Å². The maximum Gasteiger partial charge on any atom is 0.224 e. The molecule has 1 amide bonds. The number of carbonyl (C=O) groups excluding carboxylic acids is 1. The first kappa shape index (κ1) is 18.9. The van der Waals surface area contributed by atoms with Crippen molar-refractivity contribution in [1.82, 2.24) is 10.2 Å². The summed E-state index contributed by atoms with van der Waals surface area (Å²) in [6.45, 7) is 1.48. The van der Waals surface area contributed by atoms with Gasteiger partial charge in [-0.25, -0.2) is 0 Å². The monoisotopic (exact) mass is 358 g/mol. The van der Waals surface area contributed by atoms with Crippen molar-refractivity contribution in [2.24, 2.45) is 0 Å². The van der Waals surface area contributed by atoms with E-state index in [1.807, 2.05) is 30.3 Å². The van der Waals surface area contributed by atoms with E-state index in [1.165, 1.54) is 11.1 Å². The Morgan fingerprint density at radius 3 is 1.93 bits per heavy atom. The molecular formula is C24H26N2O. The molecule has 3 rings (SSSR count). The number of benzene rings is 3. The number of rotatable bonds is 7. The molecule has 0 spiro atoms. The maximum atomic E-state index is 12.2. The fourth-order valence-electron chi connectivity index (χ4n) is 3.02. The Balaban J connectivity index is 1.50. The van der Waals surface area contributed by atoms with Gasteiger partial charge in [0, 0.05) is 13.1 Å². The second-order valence-corrected chi connectivity index (χ2v) is 7.07. The van der Waals surface area contributed by atoms with Gasteiger partial charge in [-0.3, -0.25) is 4.79 Å². The summed E-state index contributed by atoms with van der Waals surface area (Å²) in [5, 5.41) is 3.00. The Morgan fingerprint density at radius 1 is 0.741 bits per heavy atom. The molecule has 3 nitrogen and oxygen atoms in total. The number of hydrogen-bond acceptors (Lipinski definition) is 2. The fourth-order valence-corrected chi connectivity index (χ4v) is 3.02. The Hall–Kier alpha value is -2.91. The lowest BCUT2D eigenvalue weighted by atomic mass is 10.0. The highest BCUT2D eigenvalue weighted by Gasteiger charge is 2.05. The summed E-state index contributed by atoms with van der Waals surface area (Å²) < 4.78 is 0. The van der Waals surface area contributed by atoms with E-state index in [-0.39, 0.29) is 5.91 Å². The summed E-state index contributed by atoms with van der Waals surface area (Å²) in [7, 11) is 4.11. The van der Waals surface area contributed by atoms with Crippen LogP contribution in [0.2, 0.25) is 0 Å². The summed E-state index contributed by atoms with van der Waals surface area (Å²) >= 11 is 0. The van der Waals surface area contributed by atoms with Crippen LogP contribution in [0.1, 0.15) is 16.7 Å². The van der Waals surface area contributed by atoms with Crippen LogP contribution >= 0.6 is 0 Å². The Bertz CT molecular complexity index is 853. The van der Waals surface area contributed by atoms with Crippen molar-refractivity contribution >= 4 is 5.91 Å². The van der Waals surface area contributed by atoms with E-state index in [1.54, 1.807) is 0 Å². The lowest BCUT2D eigenvalue weighted by molar-refractivity contribution is -0.120. The molecule has 0 unspecified atom stereocenters. The first-order valence-corrected chi connectivity index (χ1v) is 9.24. The van der Waals surface area contributed by atoms with Crippen LogP contribution in [0.15, 0.2) is 78.9 Å². The molecule has 0 atom stereocenters. The SMILES string of the molecule is CN(C)Cc1ccc(CNC(=O)Cc2ccc(-c3ccccc3)cc2)cc1. The van der Waals surface area contributed by atoms with Crippen molar-refractivity contribution in [3.05, 3.63) is 95.6 Å². The molecule has 3 aromatic rings. The molecule has 27 heavy (non-hydrogen) atoms. The molecule has 0 fully saturated rings. The van der Waals surface area contributed by atoms with Crippen LogP contribution in [0, 0.1) is 0 Å². The topological polar surface area (TPSA) is 32.3 Å². The van der Waals surface area contributed by atoms with Crippen LogP contribution in [0.4, 0.5) is 0 Å². The van der Waals surface area contributed by atoms with E-state index in [0.29, 0.717) is 13.0 Å². The highest BCUT2D eigenvalue weighted by Crippen LogP contribution is 2.19. The van der Waals surface area contributed by atoms with Gasteiger partial charge in [-0.1, -0.05) is 78.9 Å². The van der Waals surface area contributed by atoms with Crippen LogP contribution in [0.5, 0.6) is 0 Å². The molecule has 3 aromatic carbocycles. The van der Waals surface area contributed by atoms with Gasteiger partial charge in [0.25, 0.3) is 0 Å². The summed E-state index contributed by atoms with van der Waals surface area (Å²) in [6, 6.07) is 26.8. The van der Waals surface area contributed by atoms with Gasteiger partial charge in [-0.15, -0.1) is 0 Å². The minimum absolute atomic E-state index is 0.0415. The largest absolute Gasteiger partial charge is 0.352 e. The van der Waals surface area contributed by atoms with Crippen molar-refractivity contribution in [3.63, 3.8) is 0 Å². The minimum atomic E-state index is 0.0415. The van der Waals surface area contributed by atoms with Crippen molar-refractivity contribution in [3.8, 4) is 11.1 Å². The lowest BCUT2D eigenvalue weighted by Crippen LogP contribution is -2.24. The van der Waals surface area contributed by atoms with Gasteiger partial charge in [0.05, 0.1) is 6.42 Å². The third kappa shape index (κ3) is 5.80. The van der Waals surface area contributed by atoms with Gasteiger partial charge < -0.3 is 10.2 Å². The molecule has 0 aliphatic carbocycles. The first-order chi connectivity index (χ1) is 13.1. The standard InChI is InChI=1S/C24H26N2O/c1-26(2)18-21-10-8-20(9-11-21)17-25-24(27)16-19-12-14-23(15-13-19)22-6-4-3-5-7-22/h3-15H,16-18H2,1-2H3,(H,25,27).